The number of aryl methyl sites for hydroxylation is 1. The second-order valence-electron chi connectivity index (χ2n) is 8.16. The van der Waals surface area contributed by atoms with E-state index in [0.29, 0.717) is 58.5 Å². The van der Waals surface area contributed by atoms with Gasteiger partial charge in [-0.2, -0.15) is 0 Å². The molecule has 4 rings (SSSR count). The van der Waals surface area contributed by atoms with Gasteiger partial charge in [0.1, 0.15) is 28.7 Å². The van der Waals surface area contributed by atoms with E-state index in [1.165, 1.54) is 11.9 Å². The van der Waals surface area contributed by atoms with Crippen molar-refractivity contribution >= 4 is 23.8 Å². The number of ether oxygens (including phenoxy) is 3. The lowest BCUT2D eigenvalue weighted by molar-refractivity contribution is 0.327. The summed E-state index contributed by atoms with van der Waals surface area (Å²) in [5.74, 6) is 3.34. The Labute approximate surface area is 226 Å². The van der Waals surface area contributed by atoms with Gasteiger partial charge in [0.2, 0.25) is 5.88 Å². The first-order valence-electron chi connectivity index (χ1n) is 11.9. The molecule has 1 aromatic carbocycles. The third-order valence-electron chi connectivity index (χ3n) is 5.49. The molecule has 3 heterocycles. The lowest BCUT2D eigenvalue weighted by Gasteiger charge is -2.18. The molecule has 0 spiro atoms. The molecule has 0 atom stereocenters. The molecular weight excluding hydrogens is 502 g/mol. The quantitative estimate of drug-likeness (QED) is 0.239. The van der Waals surface area contributed by atoms with E-state index in [1.807, 2.05) is 67.1 Å². The van der Waals surface area contributed by atoms with Crippen LogP contribution in [0.25, 0.3) is 23.3 Å². The molecule has 0 bridgehead atoms. The molecule has 0 unspecified atom stereocenters. The number of nitrogens with zero attached hydrogens (tertiary/aromatic N) is 4. The van der Waals surface area contributed by atoms with E-state index in [4.69, 9.17) is 25.7 Å². The summed E-state index contributed by atoms with van der Waals surface area (Å²) in [6, 6.07) is 15.0. The van der Waals surface area contributed by atoms with Crippen LogP contribution in [0.2, 0.25) is 0 Å². The molecule has 4 aromatic rings. The molecular formula is C27H31N7O3S. The van der Waals surface area contributed by atoms with E-state index in [0.717, 1.165) is 11.3 Å². The van der Waals surface area contributed by atoms with Gasteiger partial charge < -0.3 is 30.4 Å². The van der Waals surface area contributed by atoms with Crippen LogP contribution >= 0.6 is 11.9 Å². The van der Waals surface area contributed by atoms with Gasteiger partial charge in [-0.1, -0.05) is 18.2 Å². The molecule has 0 fully saturated rings. The van der Waals surface area contributed by atoms with Crippen LogP contribution in [0.3, 0.4) is 0 Å². The van der Waals surface area contributed by atoms with Crippen LogP contribution in [0.1, 0.15) is 23.9 Å². The number of aromatic nitrogens is 4. The van der Waals surface area contributed by atoms with Crippen LogP contribution in [-0.2, 0) is 5.75 Å². The first-order chi connectivity index (χ1) is 18.4. The Kier molecular flexibility index (Phi) is 8.59. The van der Waals surface area contributed by atoms with Gasteiger partial charge in [-0.25, -0.2) is 9.97 Å². The van der Waals surface area contributed by atoms with Crippen LogP contribution in [0.5, 0.6) is 17.4 Å². The second-order valence-corrected chi connectivity index (χ2v) is 8.95. The zero-order chi connectivity index (χ0) is 27.1. The Bertz CT molecular complexity index is 1400. The maximum Gasteiger partial charge on any atom is 0.213 e. The minimum Gasteiger partial charge on any atom is -0.494 e. The Hall–Kier alpha value is -4.38. The fourth-order valence-corrected chi connectivity index (χ4v) is 4.38. The van der Waals surface area contributed by atoms with Crippen LogP contribution in [-0.4, -0.2) is 40.3 Å². The smallest absolute Gasteiger partial charge is 0.213 e. The molecule has 0 amide bonds. The summed E-state index contributed by atoms with van der Waals surface area (Å²) in [5, 5.41) is 0. The number of pyridine rings is 2. The van der Waals surface area contributed by atoms with Crippen LogP contribution < -0.4 is 30.4 Å². The monoisotopic (exact) mass is 533 g/mol. The third-order valence-corrected chi connectivity index (χ3v) is 6.31. The van der Waals surface area contributed by atoms with Crippen molar-refractivity contribution in [2.75, 3.05) is 26.6 Å². The van der Waals surface area contributed by atoms with Crippen molar-refractivity contribution in [2.24, 2.45) is 5.73 Å². The molecule has 198 valence electrons. The van der Waals surface area contributed by atoms with Gasteiger partial charge in [-0.15, -0.1) is 0 Å². The predicted molar refractivity (Wildman–Crippen MR) is 151 cm³/mol. The van der Waals surface area contributed by atoms with Crippen molar-refractivity contribution in [1.82, 2.24) is 24.2 Å². The van der Waals surface area contributed by atoms with Crippen molar-refractivity contribution in [3.63, 3.8) is 0 Å². The fraction of sp³-hybridized carbons (Fsp3) is 0.222. The van der Waals surface area contributed by atoms with Crippen molar-refractivity contribution in [2.45, 2.75) is 19.6 Å². The number of para-hydroxylation sites is 1. The molecule has 5 N–H and O–H groups in total. The molecule has 11 heteroatoms. The summed E-state index contributed by atoms with van der Waals surface area (Å²) in [4.78, 5) is 13.7. The summed E-state index contributed by atoms with van der Waals surface area (Å²) in [7, 11) is 3.18. The van der Waals surface area contributed by atoms with E-state index in [1.54, 1.807) is 26.4 Å². The highest BCUT2D eigenvalue weighted by atomic mass is 32.2. The highest BCUT2D eigenvalue weighted by Gasteiger charge is 2.24. The number of rotatable bonds is 11. The highest BCUT2D eigenvalue weighted by Crippen LogP contribution is 2.38. The van der Waals surface area contributed by atoms with Crippen molar-refractivity contribution < 1.29 is 14.2 Å². The van der Waals surface area contributed by atoms with E-state index in [2.05, 4.69) is 19.7 Å². The Morgan fingerprint density at radius 1 is 1.05 bits per heavy atom. The number of imidazole rings is 1. The van der Waals surface area contributed by atoms with Gasteiger partial charge in [0, 0.05) is 18.3 Å². The molecule has 0 saturated heterocycles. The van der Waals surface area contributed by atoms with Crippen LogP contribution in [0.4, 0.5) is 5.82 Å². The largest absolute Gasteiger partial charge is 0.494 e. The number of benzene rings is 1. The number of methoxy groups -OCH3 is 2. The lowest BCUT2D eigenvalue weighted by Crippen LogP contribution is -2.14. The standard InChI is InChI=1S/C27H31N7O3S/c1-5-37-24-11-6-8-19(31-24)27-32-26(29)20(34(27)25-21(35-3)9-7-10-22(25)36-4)14-23(28)33-38-16-18-13-12-17(2)15-30-18/h6-15,33H,5,16,28-29H2,1-4H3/b23-14+. The summed E-state index contributed by atoms with van der Waals surface area (Å²) >= 11 is 1.42. The molecule has 0 radical (unpaired) electrons. The van der Waals surface area contributed by atoms with E-state index in [-0.39, 0.29) is 5.82 Å². The number of nitrogen functional groups attached to an aromatic ring is 1. The number of nitrogens with one attached hydrogen (secondary N) is 1. The number of anilines is 1. The third kappa shape index (κ3) is 5.94. The topological polar surface area (TPSA) is 135 Å². The van der Waals surface area contributed by atoms with Gasteiger partial charge in [0.25, 0.3) is 0 Å². The van der Waals surface area contributed by atoms with Crippen molar-refractivity contribution in [3.8, 4) is 34.6 Å². The molecule has 10 nitrogen and oxygen atoms in total. The molecule has 0 saturated carbocycles. The zero-order valence-electron chi connectivity index (χ0n) is 21.8. The van der Waals surface area contributed by atoms with Crippen LogP contribution in [0, 0.1) is 6.92 Å². The van der Waals surface area contributed by atoms with Crippen molar-refractivity contribution in [1.29, 1.82) is 0 Å². The van der Waals surface area contributed by atoms with E-state index in [9.17, 15) is 0 Å². The normalized spacial score (nSPS) is 11.3. The minimum atomic E-state index is 0.256. The second kappa shape index (κ2) is 12.2. The molecule has 38 heavy (non-hydrogen) atoms. The maximum absolute atomic E-state index is 6.46. The first-order valence-corrected chi connectivity index (χ1v) is 12.9. The van der Waals surface area contributed by atoms with Gasteiger partial charge in [-0.05, 0) is 55.6 Å². The summed E-state index contributed by atoms with van der Waals surface area (Å²) in [5.41, 5.74) is 16.6. The predicted octanol–water partition coefficient (Wildman–Crippen LogP) is 4.33. The molecule has 0 aliphatic rings. The van der Waals surface area contributed by atoms with Gasteiger partial charge >= 0.3 is 0 Å². The highest BCUT2D eigenvalue weighted by molar-refractivity contribution is 7.96. The lowest BCUT2D eigenvalue weighted by atomic mass is 10.2. The van der Waals surface area contributed by atoms with Gasteiger partial charge in [-0.3, -0.25) is 9.55 Å². The number of nitrogens with two attached hydrogens (primary N) is 2. The summed E-state index contributed by atoms with van der Waals surface area (Å²) < 4.78 is 22.0. The minimum absolute atomic E-state index is 0.256. The molecule has 0 aliphatic carbocycles. The van der Waals surface area contributed by atoms with E-state index < -0.39 is 0 Å². The molecule has 0 aliphatic heterocycles. The van der Waals surface area contributed by atoms with Crippen LogP contribution in [0.15, 0.2) is 60.5 Å². The number of hydrogen-bond donors (Lipinski definition) is 3. The Morgan fingerprint density at radius 2 is 1.79 bits per heavy atom. The van der Waals surface area contributed by atoms with E-state index >= 15 is 0 Å². The van der Waals surface area contributed by atoms with Gasteiger partial charge in [0.05, 0.1) is 38.0 Å². The average molecular weight is 534 g/mol. The summed E-state index contributed by atoms with van der Waals surface area (Å²) in [6.45, 7) is 4.39. The average Bonchev–Trinajstić information content (AvgIpc) is 3.24. The SMILES string of the molecule is CCOc1cccc(-c2nc(N)c(/C=C(\N)NSCc3ccc(C)cn3)n2-c2c(OC)cccc2OC)n1. The summed E-state index contributed by atoms with van der Waals surface area (Å²) in [6.07, 6.45) is 3.56. The Balaban J connectivity index is 1.78. The maximum atomic E-state index is 6.46. The first kappa shape index (κ1) is 26.7. The van der Waals surface area contributed by atoms with Gasteiger partial charge in [0.15, 0.2) is 11.6 Å². The zero-order valence-corrected chi connectivity index (χ0v) is 22.6. The number of hydrogen-bond acceptors (Lipinski definition) is 10. The molecule has 3 aromatic heterocycles. The fourth-order valence-electron chi connectivity index (χ4n) is 3.76. The Morgan fingerprint density at radius 3 is 2.45 bits per heavy atom. The van der Waals surface area contributed by atoms with Crippen molar-refractivity contribution in [3.05, 3.63) is 77.5 Å².